The minimum atomic E-state index is -0.0704. The van der Waals surface area contributed by atoms with Crippen LogP contribution in [0.25, 0.3) is 22.2 Å². The van der Waals surface area contributed by atoms with Gasteiger partial charge in [0.1, 0.15) is 0 Å². The van der Waals surface area contributed by atoms with Crippen LogP contribution < -0.4 is 4.90 Å². The molecular formula is C22H21N5O3. The summed E-state index contributed by atoms with van der Waals surface area (Å²) in [5, 5.41) is 22.7. The molecule has 1 aliphatic rings. The molecule has 3 heterocycles. The van der Waals surface area contributed by atoms with Crippen molar-refractivity contribution >= 4 is 16.9 Å². The number of benzene rings is 2. The number of carbonyl (C=O) groups excluding carboxylic acids is 1. The Kier molecular flexibility index (Phi) is 4.46. The maximum absolute atomic E-state index is 13.1. The average Bonchev–Trinajstić information content (AvgIpc) is 3.40. The number of nitrogens with one attached hydrogen (secondary N) is 1. The number of nitrogens with zero attached hydrogens (tertiary/aromatic N) is 4. The van der Waals surface area contributed by atoms with Crippen LogP contribution in [0.5, 0.6) is 0 Å². The molecule has 2 aromatic carbocycles. The van der Waals surface area contributed by atoms with Crippen LogP contribution in [0.2, 0.25) is 0 Å². The molecule has 1 atom stereocenters. The van der Waals surface area contributed by atoms with Crippen molar-refractivity contribution in [3.63, 3.8) is 0 Å². The van der Waals surface area contributed by atoms with Gasteiger partial charge >= 0.3 is 0 Å². The summed E-state index contributed by atoms with van der Waals surface area (Å²) in [7, 11) is 0. The van der Waals surface area contributed by atoms with Gasteiger partial charge in [0.25, 0.3) is 5.91 Å². The number of fused-ring (bicyclic) bond motifs is 1. The molecule has 0 bridgehead atoms. The molecule has 4 aromatic rings. The smallest absolute Gasteiger partial charge is 0.254 e. The molecule has 152 valence electrons. The molecule has 1 N–H and O–H groups in total. The van der Waals surface area contributed by atoms with Crippen LogP contribution in [0.15, 0.2) is 53.3 Å². The summed E-state index contributed by atoms with van der Waals surface area (Å²) in [6.45, 7) is 3.40. The minimum absolute atomic E-state index is 0.0704. The summed E-state index contributed by atoms with van der Waals surface area (Å²) in [5.41, 5.74) is 5.70. The number of rotatable bonds is 3. The van der Waals surface area contributed by atoms with Crippen LogP contribution in [0, 0.1) is 12.1 Å². The largest absolute Gasteiger partial charge is 0.359 e. The van der Waals surface area contributed by atoms with E-state index in [4.69, 9.17) is 0 Å². The van der Waals surface area contributed by atoms with E-state index in [1.165, 1.54) is 5.56 Å². The summed E-state index contributed by atoms with van der Waals surface area (Å²) >= 11 is 0. The highest BCUT2D eigenvalue weighted by Gasteiger charge is 2.29. The lowest BCUT2D eigenvalue weighted by atomic mass is 9.89. The van der Waals surface area contributed by atoms with E-state index in [-0.39, 0.29) is 11.8 Å². The van der Waals surface area contributed by atoms with Gasteiger partial charge in [-0.05, 0) is 47.9 Å². The summed E-state index contributed by atoms with van der Waals surface area (Å²) in [6, 6.07) is 13.1. The van der Waals surface area contributed by atoms with Gasteiger partial charge < -0.3 is 10.1 Å². The number of aromatic nitrogens is 4. The zero-order valence-corrected chi connectivity index (χ0v) is 16.5. The van der Waals surface area contributed by atoms with Crippen molar-refractivity contribution in [2.24, 2.45) is 0 Å². The summed E-state index contributed by atoms with van der Waals surface area (Å²) in [4.78, 5) is 15.3. The quantitative estimate of drug-likeness (QED) is 0.529. The number of amides is 1. The van der Waals surface area contributed by atoms with Gasteiger partial charge in [-0.3, -0.25) is 14.5 Å². The highest BCUT2D eigenvalue weighted by atomic mass is 16.8. The van der Waals surface area contributed by atoms with E-state index in [1.807, 2.05) is 23.2 Å². The lowest BCUT2D eigenvalue weighted by Gasteiger charge is -2.33. The van der Waals surface area contributed by atoms with E-state index >= 15 is 0 Å². The third kappa shape index (κ3) is 3.10. The Morgan fingerprint density at radius 1 is 1.27 bits per heavy atom. The van der Waals surface area contributed by atoms with Crippen molar-refractivity contribution in [2.75, 3.05) is 13.1 Å². The molecule has 1 amide bonds. The molecule has 5 rings (SSSR count). The predicted octanol–water partition coefficient (Wildman–Crippen LogP) is 3.18. The van der Waals surface area contributed by atoms with Gasteiger partial charge in [0.05, 0.1) is 6.20 Å². The minimum Gasteiger partial charge on any atom is -0.359 e. The molecule has 1 aliphatic heterocycles. The first-order valence-electron chi connectivity index (χ1n) is 10.00. The molecule has 1 saturated heterocycles. The molecule has 30 heavy (non-hydrogen) atoms. The number of hydrogen-bond donors (Lipinski definition) is 1. The standard InChI is InChI=1S/C22H21N5O3/c1-14-5-2-3-7-17(14)18-12-23-24-21(18)16-6-4-10-26(13-16)22(28)15-8-9-20-19(11-15)25-30-27(20)29/h2-3,5,7-9,11-12,16H,4,6,10,13H2,1H3,(H,23,24)/t16-/m1/s1. The van der Waals surface area contributed by atoms with Crippen LogP contribution in [-0.2, 0) is 0 Å². The fraction of sp³-hybridized carbons (Fsp3) is 0.273. The van der Waals surface area contributed by atoms with Crippen LogP contribution in [-0.4, -0.2) is 39.3 Å². The van der Waals surface area contributed by atoms with Crippen LogP contribution in [0.1, 0.15) is 40.4 Å². The second kappa shape index (κ2) is 7.29. The Morgan fingerprint density at radius 2 is 2.13 bits per heavy atom. The number of aryl methyl sites for hydroxylation is 1. The van der Waals surface area contributed by atoms with Crippen molar-refractivity contribution < 1.29 is 14.3 Å². The number of likely N-dealkylation sites (tertiary alicyclic amines) is 1. The molecular weight excluding hydrogens is 382 g/mol. The first-order valence-corrected chi connectivity index (χ1v) is 10.00. The summed E-state index contributed by atoms with van der Waals surface area (Å²) in [6.07, 6.45) is 3.77. The maximum Gasteiger partial charge on any atom is 0.254 e. The van der Waals surface area contributed by atoms with Gasteiger partial charge in [-0.25, -0.2) is 0 Å². The van der Waals surface area contributed by atoms with Crippen LogP contribution in [0.3, 0.4) is 0 Å². The Balaban J connectivity index is 1.41. The predicted molar refractivity (Wildman–Crippen MR) is 110 cm³/mol. The summed E-state index contributed by atoms with van der Waals surface area (Å²) < 4.78 is 4.60. The monoisotopic (exact) mass is 403 g/mol. The van der Waals surface area contributed by atoms with Gasteiger partial charge in [-0.2, -0.15) is 5.10 Å². The van der Waals surface area contributed by atoms with Gasteiger partial charge in [0, 0.05) is 47.1 Å². The molecule has 2 aromatic heterocycles. The fourth-order valence-electron chi connectivity index (χ4n) is 4.29. The lowest BCUT2D eigenvalue weighted by Crippen LogP contribution is -2.39. The van der Waals surface area contributed by atoms with Crippen LogP contribution in [0.4, 0.5) is 0 Å². The first-order chi connectivity index (χ1) is 14.6. The van der Waals surface area contributed by atoms with Crippen molar-refractivity contribution in [3.8, 4) is 11.1 Å². The van der Waals surface area contributed by atoms with E-state index in [9.17, 15) is 10.0 Å². The average molecular weight is 403 g/mol. The normalized spacial score (nSPS) is 16.8. The zero-order valence-electron chi connectivity index (χ0n) is 16.5. The third-order valence-electron chi connectivity index (χ3n) is 5.85. The number of hydrogen-bond acceptors (Lipinski definition) is 5. The van der Waals surface area contributed by atoms with E-state index < -0.39 is 0 Å². The molecule has 0 unspecified atom stereocenters. The van der Waals surface area contributed by atoms with E-state index in [2.05, 4.69) is 39.0 Å². The van der Waals surface area contributed by atoms with Crippen molar-refractivity contribution in [2.45, 2.75) is 25.7 Å². The second-order valence-electron chi connectivity index (χ2n) is 7.74. The first kappa shape index (κ1) is 18.4. The number of H-pyrrole nitrogens is 1. The van der Waals surface area contributed by atoms with Gasteiger partial charge in [0.2, 0.25) is 11.0 Å². The van der Waals surface area contributed by atoms with Crippen LogP contribution >= 0.6 is 0 Å². The second-order valence-corrected chi connectivity index (χ2v) is 7.74. The number of carbonyl (C=O) groups is 1. The SMILES string of the molecule is Cc1ccccc1-c1cn[nH]c1[C@@H]1CCCN(C(=O)c2ccc3c(c2)no[n+]3[O-])C1. The molecule has 0 spiro atoms. The van der Waals surface area contributed by atoms with Crippen molar-refractivity contribution in [3.05, 3.63) is 70.7 Å². The van der Waals surface area contributed by atoms with Gasteiger partial charge in [-0.15, -0.1) is 0 Å². The molecule has 0 aliphatic carbocycles. The Bertz CT molecular complexity index is 1230. The zero-order chi connectivity index (χ0) is 20.7. The van der Waals surface area contributed by atoms with Gasteiger partial charge in [0.15, 0.2) is 0 Å². The highest BCUT2D eigenvalue weighted by molar-refractivity contribution is 5.97. The molecule has 0 radical (unpaired) electrons. The Labute approximate surface area is 172 Å². The molecule has 1 fully saturated rings. The topological polar surface area (TPSA) is 102 Å². The lowest BCUT2D eigenvalue weighted by molar-refractivity contribution is -0.782. The highest BCUT2D eigenvalue weighted by Crippen LogP contribution is 2.34. The fourth-order valence-corrected chi connectivity index (χ4v) is 4.29. The number of piperidine rings is 1. The van der Waals surface area contributed by atoms with E-state index in [1.54, 1.807) is 18.2 Å². The van der Waals surface area contributed by atoms with Crippen molar-refractivity contribution in [1.29, 1.82) is 0 Å². The Hall–Kier alpha value is -3.68. The molecule has 8 heteroatoms. The van der Waals surface area contributed by atoms with E-state index in [0.29, 0.717) is 34.6 Å². The maximum atomic E-state index is 13.1. The molecule has 8 nitrogen and oxygen atoms in total. The van der Waals surface area contributed by atoms with Crippen molar-refractivity contribution in [1.82, 2.24) is 20.3 Å². The number of aromatic amines is 1. The third-order valence-corrected chi connectivity index (χ3v) is 5.85. The summed E-state index contributed by atoms with van der Waals surface area (Å²) in [5.74, 6) is 0.110. The molecule has 0 saturated carbocycles. The Morgan fingerprint density at radius 3 is 3.00 bits per heavy atom. The van der Waals surface area contributed by atoms with E-state index in [0.717, 1.165) is 29.7 Å². The van der Waals surface area contributed by atoms with Gasteiger partial charge in [-0.1, -0.05) is 24.3 Å².